The van der Waals surface area contributed by atoms with Crippen molar-refractivity contribution in [1.82, 2.24) is 0 Å². The van der Waals surface area contributed by atoms with Crippen molar-refractivity contribution in [2.45, 2.75) is 32.4 Å². The predicted molar refractivity (Wildman–Crippen MR) is 46.3 cm³/mol. The van der Waals surface area contributed by atoms with Crippen LogP contribution in [0.3, 0.4) is 0 Å². The van der Waals surface area contributed by atoms with Crippen molar-refractivity contribution >= 4 is 15.0 Å². The van der Waals surface area contributed by atoms with Crippen LogP contribution in [0.2, 0.25) is 12.6 Å². The second-order valence-corrected chi connectivity index (χ2v) is 5.23. The molecule has 1 aliphatic heterocycles. The maximum absolute atomic E-state index is 9.00. The van der Waals surface area contributed by atoms with E-state index >= 15 is 0 Å². The maximum Gasteiger partial charge on any atom is 0.300 e. The lowest BCUT2D eigenvalue weighted by Gasteiger charge is -2.16. The van der Waals surface area contributed by atoms with Crippen molar-refractivity contribution in [3.63, 3.8) is 0 Å². The Bertz CT molecular complexity index is 106. The largest absolute Gasteiger partial charge is 0.481 e. The first-order chi connectivity index (χ1) is 5.13. The third kappa shape index (κ3) is 9.65. The van der Waals surface area contributed by atoms with Gasteiger partial charge in [0.1, 0.15) is 0 Å². The Morgan fingerprint density at radius 1 is 1.55 bits per heavy atom. The molecule has 1 saturated heterocycles. The van der Waals surface area contributed by atoms with E-state index in [2.05, 4.69) is 6.55 Å². The highest BCUT2D eigenvalue weighted by molar-refractivity contribution is 6.50. The zero-order valence-corrected chi connectivity index (χ0v) is 8.32. The van der Waals surface area contributed by atoms with E-state index in [1.807, 2.05) is 0 Å². The first-order valence-corrected chi connectivity index (χ1v) is 6.38. The SMILES string of the molecule is CC(=O)O.C[SiH]1CCCCO1. The molecule has 0 amide bonds. The van der Waals surface area contributed by atoms with Crippen molar-refractivity contribution in [3.8, 4) is 0 Å². The molecule has 0 aromatic heterocycles. The minimum Gasteiger partial charge on any atom is -0.481 e. The van der Waals surface area contributed by atoms with Crippen molar-refractivity contribution in [3.05, 3.63) is 0 Å². The Labute approximate surface area is 69.1 Å². The van der Waals surface area contributed by atoms with Crippen LogP contribution in [0, 0.1) is 0 Å². The Morgan fingerprint density at radius 3 is 2.27 bits per heavy atom. The Kier molecular flexibility index (Phi) is 6.16. The highest BCUT2D eigenvalue weighted by Crippen LogP contribution is 2.09. The van der Waals surface area contributed by atoms with Crippen LogP contribution in [-0.4, -0.2) is 26.7 Å². The summed E-state index contributed by atoms with van der Waals surface area (Å²) >= 11 is 0. The fourth-order valence-corrected chi connectivity index (χ4v) is 2.50. The van der Waals surface area contributed by atoms with Gasteiger partial charge in [0.15, 0.2) is 9.04 Å². The topological polar surface area (TPSA) is 46.5 Å². The molecule has 1 unspecified atom stereocenters. The molecule has 0 spiro atoms. The van der Waals surface area contributed by atoms with Crippen LogP contribution in [-0.2, 0) is 9.22 Å². The third-order valence-electron chi connectivity index (χ3n) is 1.41. The number of hydrogen-bond acceptors (Lipinski definition) is 2. The average Bonchev–Trinajstić information content (AvgIpc) is 1.87. The van der Waals surface area contributed by atoms with Crippen LogP contribution in [0.15, 0.2) is 0 Å². The van der Waals surface area contributed by atoms with Gasteiger partial charge in [-0.05, 0) is 19.0 Å². The number of carboxylic acids is 1. The summed E-state index contributed by atoms with van der Waals surface area (Å²) in [6.07, 6.45) is 2.73. The van der Waals surface area contributed by atoms with E-state index in [1.54, 1.807) is 0 Å². The number of carbonyl (C=O) groups is 1. The molecular formula is C7H16O3Si. The quantitative estimate of drug-likeness (QED) is 0.565. The molecule has 0 radical (unpaired) electrons. The second kappa shape index (κ2) is 6.36. The Balaban J connectivity index is 0.000000218. The zero-order chi connectivity index (χ0) is 8.69. The lowest BCUT2D eigenvalue weighted by Crippen LogP contribution is -2.18. The molecule has 0 aromatic carbocycles. The molecule has 0 bridgehead atoms. The summed E-state index contributed by atoms with van der Waals surface area (Å²) in [4.78, 5) is 9.00. The fraction of sp³-hybridized carbons (Fsp3) is 0.857. The standard InChI is InChI=1S/C5H12OSi.C2H4O2/c1-7-5-3-2-4-6-7;1-2(3)4/h7H,2-5H2,1H3;1H3,(H,3,4). The number of rotatable bonds is 0. The summed E-state index contributed by atoms with van der Waals surface area (Å²) < 4.78 is 5.42. The first-order valence-electron chi connectivity index (χ1n) is 3.94. The lowest BCUT2D eigenvalue weighted by atomic mass is 10.4. The molecular weight excluding hydrogens is 160 g/mol. The van der Waals surface area contributed by atoms with Gasteiger partial charge in [-0.1, -0.05) is 6.42 Å². The monoisotopic (exact) mass is 176 g/mol. The van der Waals surface area contributed by atoms with Gasteiger partial charge in [0.25, 0.3) is 5.97 Å². The van der Waals surface area contributed by atoms with Gasteiger partial charge in [-0.25, -0.2) is 0 Å². The Hall–Kier alpha value is -0.353. The molecule has 66 valence electrons. The minimum atomic E-state index is -0.833. The highest BCUT2D eigenvalue weighted by Gasteiger charge is 2.08. The molecule has 1 N–H and O–H groups in total. The van der Waals surface area contributed by atoms with Gasteiger partial charge < -0.3 is 9.53 Å². The minimum absolute atomic E-state index is 0.595. The van der Waals surface area contributed by atoms with Gasteiger partial charge in [0, 0.05) is 13.5 Å². The molecule has 1 fully saturated rings. The summed E-state index contributed by atoms with van der Waals surface area (Å²) in [5.41, 5.74) is 0. The van der Waals surface area contributed by atoms with Crippen molar-refractivity contribution < 1.29 is 14.3 Å². The van der Waals surface area contributed by atoms with Crippen LogP contribution in [0.1, 0.15) is 19.8 Å². The van der Waals surface area contributed by atoms with Gasteiger partial charge in [0.05, 0.1) is 0 Å². The van der Waals surface area contributed by atoms with E-state index in [9.17, 15) is 0 Å². The number of carboxylic acid groups (broad SMARTS) is 1. The fourth-order valence-electron chi connectivity index (χ4n) is 0.902. The van der Waals surface area contributed by atoms with Gasteiger partial charge in [-0.2, -0.15) is 0 Å². The van der Waals surface area contributed by atoms with Gasteiger partial charge in [-0.3, -0.25) is 4.79 Å². The van der Waals surface area contributed by atoms with E-state index < -0.39 is 15.0 Å². The number of hydrogen-bond donors (Lipinski definition) is 1. The van der Waals surface area contributed by atoms with Gasteiger partial charge >= 0.3 is 0 Å². The van der Waals surface area contributed by atoms with E-state index in [0.717, 1.165) is 13.5 Å². The third-order valence-corrected chi connectivity index (χ3v) is 3.43. The predicted octanol–water partition coefficient (Wildman–Crippen LogP) is 1.24. The molecule has 4 heteroatoms. The van der Waals surface area contributed by atoms with E-state index in [-0.39, 0.29) is 0 Å². The van der Waals surface area contributed by atoms with Crippen molar-refractivity contribution in [1.29, 1.82) is 0 Å². The first kappa shape index (κ1) is 10.6. The van der Waals surface area contributed by atoms with E-state index in [0.29, 0.717) is 0 Å². The molecule has 1 heterocycles. The zero-order valence-electron chi connectivity index (χ0n) is 7.17. The molecule has 1 atom stereocenters. The summed E-state index contributed by atoms with van der Waals surface area (Å²) in [6, 6.07) is 1.40. The van der Waals surface area contributed by atoms with E-state index in [4.69, 9.17) is 14.3 Å². The highest BCUT2D eigenvalue weighted by atomic mass is 28.3. The van der Waals surface area contributed by atoms with Gasteiger partial charge in [0.2, 0.25) is 0 Å². The van der Waals surface area contributed by atoms with Crippen LogP contribution < -0.4 is 0 Å². The summed E-state index contributed by atoms with van der Waals surface area (Å²) in [5.74, 6) is -0.833. The van der Waals surface area contributed by atoms with E-state index in [1.165, 1.54) is 18.9 Å². The lowest BCUT2D eigenvalue weighted by molar-refractivity contribution is -0.134. The van der Waals surface area contributed by atoms with Crippen molar-refractivity contribution in [2.75, 3.05) is 6.61 Å². The smallest absolute Gasteiger partial charge is 0.300 e. The van der Waals surface area contributed by atoms with Crippen LogP contribution in [0.5, 0.6) is 0 Å². The summed E-state index contributed by atoms with van der Waals surface area (Å²) in [7, 11) is -0.595. The maximum atomic E-state index is 9.00. The summed E-state index contributed by atoms with van der Waals surface area (Å²) in [5, 5.41) is 7.42. The second-order valence-electron chi connectivity index (χ2n) is 2.70. The molecule has 1 aliphatic rings. The number of aliphatic carboxylic acids is 1. The Morgan fingerprint density at radius 2 is 2.09 bits per heavy atom. The molecule has 11 heavy (non-hydrogen) atoms. The van der Waals surface area contributed by atoms with Crippen LogP contribution in [0.25, 0.3) is 0 Å². The summed E-state index contributed by atoms with van der Waals surface area (Å²) in [6.45, 7) is 4.41. The van der Waals surface area contributed by atoms with Crippen LogP contribution in [0.4, 0.5) is 0 Å². The molecule has 0 aromatic rings. The molecule has 0 aliphatic carbocycles. The molecule has 3 nitrogen and oxygen atoms in total. The molecule has 1 rings (SSSR count). The van der Waals surface area contributed by atoms with Gasteiger partial charge in [-0.15, -0.1) is 0 Å². The van der Waals surface area contributed by atoms with Crippen molar-refractivity contribution in [2.24, 2.45) is 0 Å². The molecule has 0 saturated carbocycles. The average molecular weight is 176 g/mol. The normalized spacial score (nSPS) is 23.3. The van der Waals surface area contributed by atoms with Crippen LogP contribution >= 0.6 is 0 Å².